The van der Waals surface area contributed by atoms with Gasteiger partial charge in [-0.1, -0.05) is 49.4 Å². The third-order valence-corrected chi connectivity index (χ3v) is 4.35. The summed E-state index contributed by atoms with van der Waals surface area (Å²) in [5, 5.41) is 10.5. The largest absolute Gasteiger partial charge is 0.422 e. The Bertz CT molecular complexity index is 600. The molecule has 106 valence electrons. The number of hydrogen-bond donors (Lipinski definition) is 1. The van der Waals surface area contributed by atoms with E-state index in [1.807, 2.05) is 13.0 Å². The van der Waals surface area contributed by atoms with Crippen molar-refractivity contribution < 1.29 is 18.3 Å². The van der Waals surface area contributed by atoms with Crippen molar-refractivity contribution in [1.29, 1.82) is 0 Å². The Balaban J connectivity index is 2.26. The molecule has 20 heavy (non-hydrogen) atoms. The topological polar surface area (TPSA) is 20.2 Å². The zero-order valence-corrected chi connectivity index (χ0v) is 11.0. The van der Waals surface area contributed by atoms with Gasteiger partial charge >= 0.3 is 6.18 Å². The van der Waals surface area contributed by atoms with Gasteiger partial charge < -0.3 is 5.11 Å². The molecule has 0 aliphatic heterocycles. The Hall–Kier alpha value is -1.55. The zero-order valence-electron chi connectivity index (χ0n) is 11.0. The summed E-state index contributed by atoms with van der Waals surface area (Å²) in [4.78, 5) is 0. The lowest BCUT2D eigenvalue weighted by molar-refractivity contribution is -0.278. The van der Waals surface area contributed by atoms with Crippen molar-refractivity contribution in [2.75, 3.05) is 0 Å². The van der Waals surface area contributed by atoms with Gasteiger partial charge in [0.2, 0.25) is 0 Å². The predicted molar refractivity (Wildman–Crippen MR) is 70.3 cm³/mol. The first-order valence-corrected chi connectivity index (χ1v) is 6.67. The van der Waals surface area contributed by atoms with Crippen LogP contribution in [0.3, 0.4) is 0 Å². The van der Waals surface area contributed by atoms with E-state index in [1.54, 1.807) is 24.3 Å². The van der Waals surface area contributed by atoms with Crippen LogP contribution in [-0.4, -0.2) is 11.3 Å². The molecule has 0 heterocycles. The van der Waals surface area contributed by atoms with Crippen LogP contribution in [0, 0.1) is 5.92 Å². The second kappa shape index (κ2) is 4.22. The first kappa shape index (κ1) is 13.4. The summed E-state index contributed by atoms with van der Waals surface area (Å²) < 4.78 is 40.6. The Labute approximate surface area is 115 Å². The Kier molecular flexibility index (Phi) is 2.83. The highest BCUT2D eigenvalue weighted by Crippen LogP contribution is 2.58. The fourth-order valence-corrected chi connectivity index (χ4v) is 3.27. The summed E-state index contributed by atoms with van der Waals surface area (Å²) in [5.41, 5.74) is -1.40. The second-order valence-corrected chi connectivity index (χ2v) is 5.36. The highest BCUT2D eigenvalue weighted by Gasteiger charge is 2.65. The molecule has 3 atom stereocenters. The fourth-order valence-electron chi connectivity index (χ4n) is 3.27. The van der Waals surface area contributed by atoms with Gasteiger partial charge in [-0.2, -0.15) is 13.2 Å². The van der Waals surface area contributed by atoms with Gasteiger partial charge in [0.25, 0.3) is 0 Å². The van der Waals surface area contributed by atoms with Gasteiger partial charge in [-0.3, -0.25) is 0 Å². The molecule has 0 radical (unpaired) electrons. The summed E-state index contributed by atoms with van der Waals surface area (Å²) >= 11 is 0. The number of fused-ring (bicyclic) bond motifs is 3. The van der Waals surface area contributed by atoms with Crippen molar-refractivity contribution in [2.24, 2.45) is 5.92 Å². The van der Waals surface area contributed by atoms with E-state index >= 15 is 0 Å². The van der Waals surface area contributed by atoms with Crippen LogP contribution in [0.4, 0.5) is 13.2 Å². The van der Waals surface area contributed by atoms with E-state index < -0.39 is 23.6 Å². The maximum absolute atomic E-state index is 13.5. The summed E-state index contributed by atoms with van der Waals surface area (Å²) in [6.07, 6.45) is 2.46. The SMILES string of the molecule is CCc1ccc2c(c1)C(O)(C(F)(F)F)C1C=CC=CC21. The van der Waals surface area contributed by atoms with Crippen molar-refractivity contribution in [3.05, 3.63) is 59.2 Å². The average molecular weight is 280 g/mol. The third-order valence-electron chi connectivity index (χ3n) is 4.35. The quantitative estimate of drug-likeness (QED) is 0.828. The summed E-state index contributed by atoms with van der Waals surface area (Å²) in [6, 6.07) is 5.06. The van der Waals surface area contributed by atoms with Crippen LogP contribution in [0.25, 0.3) is 0 Å². The molecule has 0 amide bonds. The van der Waals surface area contributed by atoms with Gasteiger partial charge in [0.05, 0.1) is 0 Å². The van der Waals surface area contributed by atoms with E-state index in [1.165, 1.54) is 12.1 Å². The predicted octanol–water partition coefficient (Wildman–Crippen LogP) is 3.84. The van der Waals surface area contributed by atoms with Crippen molar-refractivity contribution in [2.45, 2.75) is 31.0 Å². The third kappa shape index (κ3) is 1.61. The molecule has 1 aromatic rings. The smallest absolute Gasteiger partial charge is 0.376 e. The molecule has 0 saturated heterocycles. The molecule has 2 aliphatic carbocycles. The van der Waals surface area contributed by atoms with Crippen LogP contribution in [0.2, 0.25) is 0 Å². The van der Waals surface area contributed by atoms with Crippen LogP contribution < -0.4 is 0 Å². The molecule has 0 aromatic heterocycles. The summed E-state index contributed by atoms with van der Waals surface area (Å²) in [5.74, 6) is -1.39. The molecule has 4 heteroatoms. The first-order valence-electron chi connectivity index (χ1n) is 6.67. The number of benzene rings is 1. The van der Waals surface area contributed by atoms with Crippen LogP contribution in [0.1, 0.15) is 29.5 Å². The normalized spacial score (nSPS) is 31.2. The van der Waals surface area contributed by atoms with E-state index in [9.17, 15) is 18.3 Å². The molecule has 2 aliphatic rings. The number of rotatable bonds is 1. The van der Waals surface area contributed by atoms with E-state index in [4.69, 9.17) is 0 Å². The van der Waals surface area contributed by atoms with E-state index in [-0.39, 0.29) is 5.56 Å². The average Bonchev–Trinajstić information content (AvgIpc) is 2.70. The lowest BCUT2D eigenvalue weighted by Gasteiger charge is -2.33. The molecule has 1 nitrogen and oxygen atoms in total. The van der Waals surface area contributed by atoms with Crippen molar-refractivity contribution in [3.63, 3.8) is 0 Å². The Morgan fingerprint density at radius 2 is 1.90 bits per heavy atom. The van der Waals surface area contributed by atoms with Crippen molar-refractivity contribution >= 4 is 0 Å². The molecule has 1 aromatic carbocycles. The fraction of sp³-hybridized carbons (Fsp3) is 0.375. The van der Waals surface area contributed by atoms with Crippen molar-refractivity contribution in [1.82, 2.24) is 0 Å². The molecular weight excluding hydrogens is 265 g/mol. The molecule has 3 unspecified atom stereocenters. The minimum Gasteiger partial charge on any atom is -0.376 e. The van der Waals surface area contributed by atoms with Gasteiger partial charge in [0, 0.05) is 11.8 Å². The number of aliphatic hydroxyl groups is 1. The van der Waals surface area contributed by atoms with Crippen LogP contribution in [0.5, 0.6) is 0 Å². The lowest BCUT2D eigenvalue weighted by atomic mass is 9.80. The number of allylic oxidation sites excluding steroid dienone is 3. The highest BCUT2D eigenvalue weighted by molar-refractivity contribution is 5.50. The molecule has 0 bridgehead atoms. The van der Waals surface area contributed by atoms with E-state index in [0.717, 1.165) is 5.56 Å². The minimum atomic E-state index is -4.69. The summed E-state index contributed by atoms with van der Waals surface area (Å²) in [6.45, 7) is 1.89. The van der Waals surface area contributed by atoms with E-state index in [2.05, 4.69) is 0 Å². The maximum atomic E-state index is 13.5. The van der Waals surface area contributed by atoms with Gasteiger partial charge in [-0.25, -0.2) is 0 Å². The van der Waals surface area contributed by atoms with Crippen LogP contribution in [-0.2, 0) is 12.0 Å². The number of aryl methyl sites for hydroxylation is 1. The number of halogens is 3. The number of alkyl halides is 3. The molecular formula is C16H15F3O. The Morgan fingerprint density at radius 1 is 1.20 bits per heavy atom. The Morgan fingerprint density at radius 3 is 2.55 bits per heavy atom. The maximum Gasteiger partial charge on any atom is 0.422 e. The molecule has 0 spiro atoms. The van der Waals surface area contributed by atoms with Gasteiger partial charge in [0.1, 0.15) is 0 Å². The van der Waals surface area contributed by atoms with Gasteiger partial charge in [0.15, 0.2) is 5.60 Å². The van der Waals surface area contributed by atoms with Crippen LogP contribution in [0.15, 0.2) is 42.5 Å². The molecule has 0 fully saturated rings. The minimum absolute atomic E-state index is 0.00977. The molecule has 1 N–H and O–H groups in total. The molecule has 0 saturated carbocycles. The zero-order chi connectivity index (χ0) is 14.5. The van der Waals surface area contributed by atoms with Crippen LogP contribution >= 0.6 is 0 Å². The number of hydrogen-bond acceptors (Lipinski definition) is 1. The lowest BCUT2D eigenvalue weighted by Crippen LogP contribution is -2.46. The second-order valence-electron chi connectivity index (χ2n) is 5.36. The van der Waals surface area contributed by atoms with E-state index in [0.29, 0.717) is 12.0 Å². The van der Waals surface area contributed by atoms with Gasteiger partial charge in [-0.05, 0) is 23.1 Å². The monoisotopic (exact) mass is 280 g/mol. The molecule has 3 rings (SSSR count). The standard InChI is InChI=1S/C16H15F3O/c1-2-10-7-8-12-11-5-3-4-6-13(11)15(20,14(12)9-10)16(17,18)19/h3-9,11,13,20H,2H2,1H3. The van der Waals surface area contributed by atoms with Crippen molar-refractivity contribution in [3.8, 4) is 0 Å². The summed E-state index contributed by atoms with van der Waals surface area (Å²) in [7, 11) is 0. The highest BCUT2D eigenvalue weighted by atomic mass is 19.4. The van der Waals surface area contributed by atoms with Gasteiger partial charge in [-0.15, -0.1) is 0 Å². The first-order chi connectivity index (χ1) is 9.39.